The highest BCUT2D eigenvalue weighted by molar-refractivity contribution is 5.53. The molecule has 80 valence electrons. The van der Waals surface area contributed by atoms with Gasteiger partial charge in [0.25, 0.3) is 0 Å². The minimum absolute atomic E-state index is 0.558. The predicted octanol–water partition coefficient (Wildman–Crippen LogP) is 1.70. The first-order valence-corrected chi connectivity index (χ1v) is 5.35. The third-order valence-electron chi connectivity index (χ3n) is 2.77. The van der Waals surface area contributed by atoms with Gasteiger partial charge in [-0.2, -0.15) is 0 Å². The van der Waals surface area contributed by atoms with E-state index >= 15 is 0 Å². The third-order valence-corrected chi connectivity index (χ3v) is 2.77. The van der Waals surface area contributed by atoms with Gasteiger partial charge in [-0.05, 0) is 19.4 Å². The molecule has 0 radical (unpaired) electrons. The van der Waals surface area contributed by atoms with E-state index in [1.54, 1.807) is 0 Å². The summed E-state index contributed by atoms with van der Waals surface area (Å²) < 4.78 is 0. The Morgan fingerprint density at radius 3 is 3.13 bits per heavy atom. The van der Waals surface area contributed by atoms with Gasteiger partial charge in [-0.1, -0.05) is 11.6 Å². The van der Waals surface area contributed by atoms with Crippen LogP contribution in [0.4, 0.5) is 5.69 Å². The SMILES string of the molecule is CC1=CCCN(c2ccncc2CN)C1. The van der Waals surface area contributed by atoms with Crippen molar-refractivity contribution in [2.75, 3.05) is 18.0 Å². The molecule has 1 aromatic rings. The first kappa shape index (κ1) is 10.2. The van der Waals surface area contributed by atoms with E-state index < -0.39 is 0 Å². The smallest absolute Gasteiger partial charge is 0.0445 e. The van der Waals surface area contributed by atoms with Crippen LogP contribution in [-0.4, -0.2) is 18.1 Å². The monoisotopic (exact) mass is 203 g/mol. The molecule has 0 saturated carbocycles. The van der Waals surface area contributed by atoms with E-state index in [1.807, 2.05) is 12.4 Å². The van der Waals surface area contributed by atoms with Crippen LogP contribution in [0.25, 0.3) is 0 Å². The Morgan fingerprint density at radius 1 is 1.53 bits per heavy atom. The van der Waals surface area contributed by atoms with Crippen molar-refractivity contribution in [3.05, 3.63) is 35.7 Å². The average molecular weight is 203 g/mol. The molecule has 0 atom stereocenters. The molecule has 0 saturated heterocycles. The molecule has 3 nitrogen and oxygen atoms in total. The van der Waals surface area contributed by atoms with Gasteiger partial charge >= 0.3 is 0 Å². The summed E-state index contributed by atoms with van der Waals surface area (Å²) in [5.41, 5.74) is 9.51. The maximum Gasteiger partial charge on any atom is 0.0445 e. The topological polar surface area (TPSA) is 42.2 Å². The van der Waals surface area contributed by atoms with Crippen molar-refractivity contribution in [3.8, 4) is 0 Å². The number of pyridine rings is 1. The normalized spacial score (nSPS) is 16.4. The van der Waals surface area contributed by atoms with Gasteiger partial charge in [0.15, 0.2) is 0 Å². The van der Waals surface area contributed by atoms with E-state index in [4.69, 9.17) is 5.73 Å². The highest BCUT2D eigenvalue weighted by Gasteiger charge is 2.13. The molecule has 2 heterocycles. The summed E-state index contributed by atoms with van der Waals surface area (Å²) in [5.74, 6) is 0. The second-order valence-electron chi connectivity index (χ2n) is 3.97. The number of nitrogens with two attached hydrogens (primary N) is 1. The Balaban J connectivity index is 2.25. The zero-order valence-electron chi connectivity index (χ0n) is 9.11. The predicted molar refractivity (Wildman–Crippen MR) is 62.7 cm³/mol. The fraction of sp³-hybridized carbons (Fsp3) is 0.417. The van der Waals surface area contributed by atoms with Crippen molar-refractivity contribution in [2.24, 2.45) is 5.73 Å². The minimum atomic E-state index is 0.558. The van der Waals surface area contributed by atoms with E-state index in [9.17, 15) is 0 Å². The summed E-state index contributed by atoms with van der Waals surface area (Å²) in [4.78, 5) is 6.48. The van der Waals surface area contributed by atoms with Crippen LogP contribution in [0.3, 0.4) is 0 Å². The van der Waals surface area contributed by atoms with Crippen LogP contribution < -0.4 is 10.6 Å². The lowest BCUT2D eigenvalue weighted by Gasteiger charge is -2.29. The first-order valence-electron chi connectivity index (χ1n) is 5.35. The van der Waals surface area contributed by atoms with Gasteiger partial charge in [-0.25, -0.2) is 0 Å². The number of hydrogen-bond donors (Lipinski definition) is 1. The molecule has 0 aliphatic carbocycles. The summed E-state index contributed by atoms with van der Waals surface area (Å²) in [6, 6.07) is 2.06. The van der Waals surface area contributed by atoms with Crippen LogP contribution in [0, 0.1) is 0 Å². The van der Waals surface area contributed by atoms with Crippen molar-refractivity contribution >= 4 is 5.69 Å². The van der Waals surface area contributed by atoms with Crippen LogP contribution in [0.15, 0.2) is 30.1 Å². The van der Waals surface area contributed by atoms with E-state index in [2.05, 4.69) is 29.0 Å². The molecule has 0 fully saturated rings. The molecular weight excluding hydrogens is 186 g/mol. The number of aromatic nitrogens is 1. The largest absolute Gasteiger partial charge is 0.367 e. The van der Waals surface area contributed by atoms with Crippen molar-refractivity contribution in [1.82, 2.24) is 4.98 Å². The second-order valence-corrected chi connectivity index (χ2v) is 3.97. The highest BCUT2D eigenvalue weighted by atomic mass is 15.1. The van der Waals surface area contributed by atoms with Crippen molar-refractivity contribution in [3.63, 3.8) is 0 Å². The molecule has 0 spiro atoms. The van der Waals surface area contributed by atoms with Crippen molar-refractivity contribution in [1.29, 1.82) is 0 Å². The van der Waals surface area contributed by atoms with Gasteiger partial charge in [-0.3, -0.25) is 4.98 Å². The number of rotatable bonds is 2. The van der Waals surface area contributed by atoms with Crippen molar-refractivity contribution < 1.29 is 0 Å². The lowest BCUT2D eigenvalue weighted by molar-refractivity contribution is 0.783. The lowest BCUT2D eigenvalue weighted by atomic mass is 10.1. The van der Waals surface area contributed by atoms with E-state index in [0.29, 0.717) is 6.54 Å². The Morgan fingerprint density at radius 2 is 2.40 bits per heavy atom. The lowest BCUT2D eigenvalue weighted by Crippen LogP contribution is -2.30. The number of anilines is 1. The van der Waals surface area contributed by atoms with Crippen LogP contribution >= 0.6 is 0 Å². The standard InChI is InChI=1S/C12H17N3/c1-10-3-2-6-15(9-10)12-4-5-14-8-11(12)7-13/h3-5,8H,2,6-7,9,13H2,1H3. The fourth-order valence-electron chi connectivity index (χ4n) is 2.00. The minimum Gasteiger partial charge on any atom is -0.367 e. The van der Waals surface area contributed by atoms with Gasteiger partial charge < -0.3 is 10.6 Å². The molecule has 2 rings (SSSR count). The van der Waals surface area contributed by atoms with Crippen LogP contribution in [0.1, 0.15) is 18.9 Å². The van der Waals surface area contributed by atoms with Crippen LogP contribution in [-0.2, 0) is 6.54 Å². The Bertz CT molecular complexity index is 371. The van der Waals surface area contributed by atoms with Gasteiger partial charge in [-0.15, -0.1) is 0 Å². The molecule has 15 heavy (non-hydrogen) atoms. The zero-order chi connectivity index (χ0) is 10.7. The summed E-state index contributed by atoms with van der Waals surface area (Å²) in [7, 11) is 0. The zero-order valence-corrected chi connectivity index (χ0v) is 9.11. The number of nitrogens with zero attached hydrogens (tertiary/aromatic N) is 2. The molecule has 1 aromatic heterocycles. The first-order chi connectivity index (χ1) is 7.31. The Labute approximate surface area is 90.6 Å². The molecular formula is C12H17N3. The van der Waals surface area contributed by atoms with E-state index in [0.717, 1.165) is 25.1 Å². The average Bonchev–Trinajstić information content (AvgIpc) is 2.29. The van der Waals surface area contributed by atoms with Crippen LogP contribution in [0.2, 0.25) is 0 Å². The summed E-state index contributed by atoms with van der Waals surface area (Å²) in [5, 5.41) is 0. The molecule has 1 aliphatic heterocycles. The summed E-state index contributed by atoms with van der Waals surface area (Å²) in [6.45, 7) is 4.82. The quantitative estimate of drug-likeness (QED) is 0.744. The van der Waals surface area contributed by atoms with Gasteiger partial charge in [0.1, 0.15) is 0 Å². The Kier molecular flexibility index (Phi) is 3.02. The maximum atomic E-state index is 5.71. The molecule has 0 amide bonds. The van der Waals surface area contributed by atoms with E-state index in [-0.39, 0.29) is 0 Å². The Hall–Kier alpha value is -1.35. The molecule has 2 N–H and O–H groups in total. The highest BCUT2D eigenvalue weighted by Crippen LogP contribution is 2.22. The maximum absolute atomic E-state index is 5.71. The number of hydrogen-bond acceptors (Lipinski definition) is 3. The summed E-state index contributed by atoms with van der Waals surface area (Å²) in [6.07, 6.45) is 7.13. The van der Waals surface area contributed by atoms with Gasteiger partial charge in [0.2, 0.25) is 0 Å². The van der Waals surface area contributed by atoms with Crippen molar-refractivity contribution in [2.45, 2.75) is 19.9 Å². The molecule has 0 bridgehead atoms. The molecule has 0 unspecified atom stereocenters. The summed E-state index contributed by atoms with van der Waals surface area (Å²) >= 11 is 0. The van der Waals surface area contributed by atoms with Gasteiger partial charge in [0.05, 0.1) is 0 Å². The second kappa shape index (κ2) is 4.45. The molecule has 0 aromatic carbocycles. The molecule has 1 aliphatic rings. The fourth-order valence-corrected chi connectivity index (χ4v) is 2.00. The van der Waals surface area contributed by atoms with E-state index in [1.165, 1.54) is 11.3 Å². The third kappa shape index (κ3) is 2.18. The van der Waals surface area contributed by atoms with Gasteiger partial charge in [0, 0.05) is 43.3 Å². The molecule has 3 heteroatoms. The van der Waals surface area contributed by atoms with Crippen LogP contribution in [0.5, 0.6) is 0 Å².